The predicted octanol–water partition coefficient (Wildman–Crippen LogP) is 2.56. The molecule has 0 bridgehead atoms. The molecule has 0 amide bonds. The van der Waals surface area contributed by atoms with E-state index in [2.05, 4.69) is 4.90 Å². The van der Waals surface area contributed by atoms with Crippen molar-refractivity contribution in [1.29, 1.82) is 0 Å². The maximum atomic E-state index is 13.1. The standard InChI is InChI=1S/C13H19FN2.ClH/c14-12-5-3-4-11(8-12)10-16-7-2-1-6-13(16)9-15;/h3-5,8,13H,1-2,6-7,9-10,15H2;1H. The fourth-order valence-corrected chi connectivity index (χ4v) is 2.40. The molecule has 0 aliphatic carbocycles. The van der Waals surface area contributed by atoms with Crippen LogP contribution in [0, 0.1) is 5.82 Å². The molecule has 0 aromatic heterocycles. The zero-order valence-electron chi connectivity index (χ0n) is 9.94. The summed E-state index contributed by atoms with van der Waals surface area (Å²) in [5.74, 6) is -0.154. The second-order valence-electron chi connectivity index (χ2n) is 4.49. The first kappa shape index (κ1) is 14.4. The zero-order chi connectivity index (χ0) is 11.4. The molecule has 2 N–H and O–H groups in total. The molecule has 2 rings (SSSR count). The lowest BCUT2D eigenvalue weighted by Crippen LogP contribution is -2.43. The lowest BCUT2D eigenvalue weighted by molar-refractivity contribution is 0.145. The molecule has 1 aromatic carbocycles. The summed E-state index contributed by atoms with van der Waals surface area (Å²) in [6, 6.07) is 7.32. The Labute approximate surface area is 108 Å². The maximum absolute atomic E-state index is 13.1. The highest BCUT2D eigenvalue weighted by molar-refractivity contribution is 5.85. The molecule has 0 radical (unpaired) electrons. The molecular formula is C13H20ClFN2. The summed E-state index contributed by atoms with van der Waals surface area (Å²) in [6.07, 6.45) is 3.67. The molecule has 1 aromatic rings. The van der Waals surface area contributed by atoms with E-state index in [-0.39, 0.29) is 18.2 Å². The Hall–Kier alpha value is -0.640. The number of nitrogens with two attached hydrogens (primary N) is 1. The van der Waals surface area contributed by atoms with Crippen molar-refractivity contribution in [3.63, 3.8) is 0 Å². The van der Waals surface area contributed by atoms with Crippen LogP contribution in [0.5, 0.6) is 0 Å². The van der Waals surface area contributed by atoms with Crippen molar-refractivity contribution in [1.82, 2.24) is 4.90 Å². The van der Waals surface area contributed by atoms with Crippen LogP contribution in [-0.2, 0) is 6.54 Å². The predicted molar refractivity (Wildman–Crippen MR) is 70.8 cm³/mol. The highest BCUT2D eigenvalue weighted by atomic mass is 35.5. The Morgan fingerprint density at radius 3 is 2.88 bits per heavy atom. The van der Waals surface area contributed by atoms with Gasteiger partial charge in [-0.25, -0.2) is 4.39 Å². The van der Waals surface area contributed by atoms with Crippen LogP contribution >= 0.6 is 12.4 Å². The minimum absolute atomic E-state index is 0. The molecule has 96 valence electrons. The van der Waals surface area contributed by atoms with Gasteiger partial charge in [0.15, 0.2) is 0 Å². The molecule has 1 heterocycles. The van der Waals surface area contributed by atoms with E-state index in [0.29, 0.717) is 12.6 Å². The molecule has 0 spiro atoms. The second kappa shape index (κ2) is 6.94. The van der Waals surface area contributed by atoms with Crippen molar-refractivity contribution in [3.8, 4) is 0 Å². The van der Waals surface area contributed by atoms with Crippen molar-refractivity contribution < 1.29 is 4.39 Å². The summed E-state index contributed by atoms with van der Waals surface area (Å²) in [5.41, 5.74) is 6.80. The number of halogens is 2. The van der Waals surface area contributed by atoms with Gasteiger partial charge in [-0.1, -0.05) is 18.6 Å². The molecule has 1 aliphatic heterocycles. The van der Waals surface area contributed by atoms with Gasteiger partial charge in [0.2, 0.25) is 0 Å². The molecule has 17 heavy (non-hydrogen) atoms. The van der Waals surface area contributed by atoms with Gasteiger partial charge in [0.05, 0.1) is 0 Å². The highest BCUT2D eigenvalue weighted by Crippen LogP contribution is 2.19. The van der Waals surface area contributed by atoms with Gasteiger partial charge >= 0.3 is 0 Å². The minimum atomic E-state index is -0.154. The number of likely N-dealkylation sites (tertiary alicyclic amines) is 1. The van der Waals surface area contributed by atoms with E-state index in [1.807, 2.05) is 6.07 Å². The van der Waals surface area contributed by atoms with Crippen LogP contribution in [0.4, 0.5) is 4.39 Å². The fraction of sp³-hybridized carbons (Fsp3) is 0.538. The molecule has 1 aliphatic rings. The SMILES string of the molecule is Cl.NCC1CCCCN1Cc1cccc(F)c1. The summed E-state index contributed by atoms with van der Waals surface area (Å²) in [7, 11) is 0. The quantitative estimate of drug-likeness (QED) is 0.903. The average Bonchev–Trinajstić information content (AvgIpc) is 2.30. The third kappa shape index (κ3) is 3.95. The largest absolute Gasteiger partial charge is 0.329 e. The van der Waals surface area contributed by atoms with Crippen molar-refractivity contribution >= 4 is 12.4 Å². The van der Waals surface area contributed by atoms with E-state index in [4.69, 9.17) is 5.73 Å². The van der Waals surface area contributed by atoms with Gasteiger partial charge in [0.1, 0.15) is 5.82 Å². The third-order valence-corrected chi connectivity index (χ3v) is 3.30. The van der Waals surface area contributed by atoms with E-state index in [1.54, 1.807) is 12.1 Å². The monoisotopic (exact) mass is 258 g/mol. The Balaban J connectivity index is 0.00000144. The van der Waals surface area contributed by atoms with Gasteiger partial charge in [0.25, 0.3) is 0 Å². The highest BCUT2D eigenvalue weighted by Gasteiger charge is 2.20. The van der Waals surface area contributed by atoms with Gasteiger partial charge in [-0.3, -0.25) is 4.90 Å². The van der Waals surface area contributed by atoms with E-state index < -0.39 is 0 Å². The Kier molecular flexibility index (Phi) is 5.89. The summed E-state index contributed by atoms with van der Waals surface area (Å²) in [6.45, 7) is 2.60. The molecule has 0 saturated carbocycles. The number of rotatable bonds is 3. The van der Waals surface area contributed by atoms with Crippen molar-refractivity contribution in [2.24, 2.45) is 5.73 Å². The minimum Gasteiger partial charge on any atom is -0.329 e. The molecule has 1 saturated heterocycles. The molecule has 1 atom stereocenters. The summed E-state index contributed by atoms with van der Waals surface area (Å²) in [5, 5.41) is 0. The summed E-state index contributed by atoms with van der Waals surface area (Å²) >= 11 is 0. The van der Waals surface area contributed by atoms with E-state index in [9.17, 15) is 4.39 Å². The van der Waals surface area contributed by atoms with Gasteiger partial charge in [-0.15, -0.1) is 12.4 Å². The van der Waals surface area contributed by atoms with E-state index >= 15 is 0 Å². The molecule has 2 nitrogen and oxygen atoms in total. The Morgan fingerprint density at radius 2 is 2.18 bits per heavy atom. The number of benzene rings is 1. The first-order valence-electron chi connectivity index (χ1n) is 5.98. The van der Waals surface area contributed by atoms with Crippen LogP contribution in [0.1, 0.15) is 24.8 Å². The van der Waals surface area contributed by atoms with Crippen molar-refractivity contribution in [3.05, 3.63) is 35.6 Å². The second-order valence-corrected chi connectivity index (χ2v) is 4.49. The molecule has 1 unspecified atom stereocenters. The van der Waals surface area contributed by atoms with Crippen molar-refractivity contribution in [2.45, 2.75) is 31.8 Å². The van der Waals surface area contributed by atoms with Gasteiger partial charge < -0.3 is 5.73 Å². The average molecular weight is 259 g/mol. The number of nitrogens with zero attached hydrogens (tertiary/aromatic N) is 1. The lowest BCUT2D eigenvalue weighted by Gasteiger charge is -2.35. The molecular weight excluding hydrogens is 239 g/mol. The van der Waals surface area contributed by atoms with Crippen LogP contribution in [0.25, 0.3) is 0 Å². The number of piperidine rings is 1. The normalized spacial score (nSPS) is 20.9. The Morgan fingerprint density at radius 1 is 1.35 bits per heavy atom. The molecule has 4 heteroatoms. The fourth-order valence-electron chi connectivity index (χ4n) is 2.40. The zero-order valence-corrected chi connectivity index (χ0v) is 10.8. The smallest absolute Gasteiger partial charge is 0.123 e. The van der Waals surface area contributed by atoms with Crippen LogP contribution in [0.2, 0.25) is 0 Å². The number of hydrogen-bond acceptors (Lipinski definition) is 2. The maximum Gasteiger partial charge on any atom is 0.123 e. The van der Waals surface area contributed by atoms with Crippen LogP contribution in [0.3, 0.4) is 0 Å². The van der Waals surface area contributed by atoms with Gasteiger partial charge in [-0.05, 0) is 37.1 Å². The van der Waals surface area contributed by atoms with Gasteiger partial charge in [-0.2, -0.15) is 0 Å². The van der Waals surface area contributed by atoms with Crippen LogP contribution in [0.15, 0.2) is 24.3 Å². The van der Waals surface area contributed by atoms with E-state index in [1.165, 1.54) is 25.3 Å². The van der Waals surface area contributed by atoms with Crippen molar-refractivity contribution in [2.75, 3.05) is 13.1 Å². The van der Waals surface area contributed by atoms with E-state index in [0.717, 1.165) is 18.7 Å². The summed E-state index contributed by atoms with van der Waals surface area (Å²) < 4.78 is 13.1. The number of hydrogen-bond donors (Lipinski definition) is 1. The molecule has 1 fully saturated rings. The van der Waals surface area contributed by atoms with Crippen LogP contribution < -0.4 is 5.73 Å². The first-order chi connectivity index (χ1) is 7.79. The first-order valence-corrected chi connectivity index (χ1v) is 5.98. The summed E-state index contributed by atoms with van der Waals surface area (Å²) in [4.78, 5) is 2.37. The third-order valence-electron chi connectivity index (χ3n) is 3.30. The lowest BCUT2D eigenvalue weighted by atomic mass is 10.0. The van der Waals surface area contributed by atoms with Gasteiger partial charge in [0, 0.05) is 19.1 Å². The van der Waals surface area contributed by atoms with Crippen LogP contribution in [-0.4, -0.2) is 24.0 Å². The Bertz CT molecular complexity index is 346. The topological polar surface area (TPSA) is 29.3 Å².